The van der Waals surface area contributed by atoms with Crippen LogP contribution in [-0.2, 0) is 13.1 Å². The zero-order valence-electron chi connectivity index (χ0n) is 27.0. The van der Waals surface area contributed by atoms with Gasteiger partial charge in [0.05, 0.1) is 23.5 Å². The fourth-order valence-corrected chi connectivity index (χ4v) is 4.63. The van der Waals surface area contributed by atoms with Crippen LogP contribution in [0.5, 0.6) is 0 Å². The minimum atomic E-state index is -0.942. The number of hydrogen-bond donors (Lipinski definition) is 3. The lowest BCUT2D eigenvalue weighted by Crippen LogP contribution is -2.22. The van der Waals surface area contributed by atoms with Crippen LogP contribution in [0.25, 0.3) is 45.1 Å². The Labute approximate surface area is 290 Å². The summed E-state index contributed by atoms with van der Waals surface area (Å²) < 4.78 is 11.4. The average Bonchev–Trinajstić information content (AvgIpc) is 3.84. The average molecular weight is 679 g/mol. The molecule has 4 N–H and O–H groups in total. The molecule has 0 aliphatic rings. The predicted octanol–water partition coefficient (Wildman–Crippen LogP) is 6.34. The second-order valence-corrected chi connectivity index (χ2v) is 10.8. The normalized spacial score (nSPS) is 10.5. The second kappa shape index (κ2) is 16.3. The van der Waals surface area contributed by atoms with Gasteiger partial charge in [-0.25, -0.2) is 14.8 Å². The zero-order chi connectivity index (χ0) is 35.4. The van der Waals surface area contributed by atoms with Crippen molar-refractivity contribution in [2.24, 2.45) is 5.73 Å². The van der Waals surface area contributed by atoms with E-state index < -0.39 is 5.97 Å². The number of amides is 1. The number of benzene rings is 2. The molecule has 0 fully saturated rings. The number of aromatic carboxylic acids is 1. The topological polar surface area (TPSA) is 196 Å². The molecule has 8 rings (SSSR count). The van der Waals surface area contributed by atoms with Crippen LogP contribution in [0.4, 0.5) is 0 Å². The van der Waals surface area contributed by atoms with E-state index in [-0.39, 0.29) is 11.5 Å². The van der Waals surface area contributed by atoms with Gasteiger partial charge in [0.1, 0.15) is 11.0 Å². The molecule has 6 aromatic heterocycles. The summed E-state index contributed by atoms with van der Waals surface area (Å²) >= 11 is 0. The van der Waals surface area contributed by atoms with Crippen LogP contribution in [0.2, 0.25) is 0 Å². The highest BCUT2D eigenvalue weighted by molar-refractivity contribution is 5.93. The SMILES string of the molecule is NCc1ccc(-c2nc3cnccc3o2)cc1.O=C(NCc1ccc(-c2nc3cnccc3o2)cc1)c1cccnc1.O=C(O)c1cccnc1. The van der Waals surface area contributed by atoms with E-state index in [9.17, 15) is 9.59 Å². The summed E-state index contributed by atoms with van der Waals surface area (Å²) in [6.07, 6.45) is 12.7. The van der Waals surface area contributed by atoms with Gasteiger partial charge in [0.2, 0.25) is 11.8 Å². The third kappa shape index (κ3) is 8.87. The van der Waals surface area contributed by atoms with Crippen molar-refractivity contribution in [1.82, 2.24) is 35.2 Å². The van der Waals surface area contributed by atoms with E-state index in [1.807, 2.05) is 48.5 Å². The smallest absolute Gasteiger partial charge is 0.337 e. The Balaban J connectivity index is 0.000000148. The lowest BCUT2D eigenvalue weighted by molar-refractivity contribution is 0.0696. The summed E-state index contributed by atoms with van der Waals surface area (Å²) in [7, 11) is 0. The van der Waals surface area contributed by atoms with Gasteiger partial charge in [-0.1, -0.05) is 24.3 Å². The number of carboxylic acids is 1. The third-order valence-electron chi connectivity index (χ3n) is 7.30. The Kier molecular flexibility index (Phi) is 10.8. The number of pyridine rings is 4. The Morgan fingerprint density at radius 2 is 1.10 bits per heavy atom. The molecule has 51 heavy (non-hydrogen) atoms. The Morgan fingerprint density at radius 3 is 1.53 bits per heavy atom. The van der Waals surface area contributed by atoms with Gasteiger partial charge in [-0.15, -0.1) is 0 Å². The van der Waals surface area contributed by atoms with Crippen LogP contribution in [0.1, 0.15) is 31.8 Å². The quantitative estimate of drug-likeness (QED) is 0.169. The number of carbonyl (C=O) groups excluding carboxylic acids is 1. The van der Waals surface area contributed by atoms with Gasteiger partial charge in [-0.05, 0) is 59.7 Å². The summed E-state index contributed by atoms with van der Waals surface area (Å²) in [4.78, 5) is 46.6. The predicted molar refractivity (Wildman–Crippen MR) is 189 cm³/mol. The molecule has 0 saturated carbocycles. The first-order valence-electron chi connectivity index (χ1n) is 15.6. The van der Waals surface area contributed by atoms with Crippen molar-refractivity contribution in [1.29, 1.82) is 0 Å². The van der Waals surface area contributed by atoms with Gasteiger partial charge < -0.3 is 25.0 Å². The summed E-state index contributed by atoms with van der Waals surface area (Å²) in [6, 6.07) is 25.7. The number of carboxylic acid groups (broad SMARTS) is 1. The molecule has 13 nitrogen and oxygen atoms in total. The first-order valence-corrected chi connectivity index (χ1v) is 15.6. The maximum absolute atomic E-state index is 12.0. The van der Waals surface area contributed by atoms with Gasteiger partial charge in [0.25, 0.3) is 5.91 Å². The zero-order valence-corrected chi connectivity index (χ0v) is 27.0. The fourth-order valence-electron chi connectivity index (χ4n) is 4.63. The molecule has 1 amide bonds. The lowest BCUT2D eigenvalue weighted by Gasteiger charge is -2.05. The van der Waals surface area contributed by atoms with Crippen molar-refractivity contribution < 1.29 is 23.5 Å². The monoisotopic (exact) mass is 678 g/mol. The molecule has 0 aliphatic carbocycles. The van der Waals surface area contributed by atoms with Crippen LogP contribution in [0, 0.1) is 0 Å². The van der Waals surface area contributed by atoms with Gasteiger partial charge >= 0.3 is 5.97 Å². The molecule has 6 heterocycles. The maximum atomic E-state index is 12.0. The second-order valence-electron chi connectivity index (χ2n) is 10.8. The lowest BCUT2D eigenvalue weighted by atomic mass is 10.1. The number of nitrogens with zero attached hydrogens (tertiary/aromatic N) is 6. The van der Waals surface area contributed by atoms with E-state index in [2.05, 4.69) is 35.2 Å². The van der Waals surface area contributed by atoms with Crippen molar-refractivity contribution >= 4 is 34.1 Å². The first-order chi connectivity index (χ1) is 25.0. The van der Waals surface area contributed by atoms with Gasteiger partial charge in [0, 0.05) is 73.5 Å². The number of hydrogen-bond acceptors (Lipinski definition) is 11. The molecule has 252 valence electrons. The maximum Gasteiger partial charge on any atom is 0.337 e. The fraction of sp³-hybridized carbons (Fsp3) is 0.0526. The molecule has 0 atom stereocenters. The molecule has 0 radical (unpaired) electrons. The molecular weight excluding hydrogens is 648 g/mol. The molecule has 8 aromatic rings. The minimum Gasteiger partial charge on any atom is -0.478 e. The summed E-state index contributed by atoms with van der Waals surface area (Å²) in [5.41, 5.74) is 13.2. The van der Waals surface area contributed by atoms with E-state index in [1.54, 1.807) is 67.5 Å². The van der Waals surface area contributed by atoms with Gasteiger partial charge in [-0.2, -0.15) is 0 Å². The first kappa shape index (κ1) is 33.8. The molecular formula is C38H30N8O5. The van der Waals surface area contributed by atoms with Crippen molar-refractivity contribution in [3.8, 4) is 22.9 Å². The number of carbonyl (C=O) groups is 2. The molecule has 0 bridgehead atoms. The number of rotatable bonds is 7. The summed E-state index contributed by atoms with van der Waals surface area (Å²) in [6.45, 7) is 0.975. The van der Waals surface area contributed by atoms with Gasteiger partial charge in [-0.3, -0.25) is 24.7 Å². The Morgan fingerprint density at radius 1 is 0.608 bits per heavy atom. The highest BCUT2D eigenvalue weighted by Crippen LogP contribution is 2.25. The Bertz CT molecular complexity index is 2280. The van der Waals surface area contributed by atoms with E-state index in [1.165, 1.54) is 18.5 Å². The minimum absolute atomic E-state index is 0.149. The molecule has 0 spiro atoms. The van der Waals surface area contributed by atoms with E-state index >= 15 is 0 Å². The molecule has 0 aliphatic heterocycles. The highest BCUT2D eigenvalue weighted by Gasteiger charge is 2.10. The van der Waals surface area contributed by atoms with Crippen molar-refractivity contribution in [3.63, 3.8) is 0 Å². The number of nitrogens with two attached hydrogens (primary N) is 1. The van der Waals surface area contributed by atoms with Crippen molar-refractivity contribution in [2.45, 2.75) is 13.1 Å². The number of aromatic nitrogens is 6. The summed E-state index contributed by atoms with van der Waals surface area (Å²) in [5.74, 6) is 0.0669. The third-order valence-corrected chi connectivity index (χ3v) is 7.30. The largest absolute Gasteiger partial charge is 0.478 e. The highest BCUT2D eigenvalue weighted by atomic mass is 16.4. The van der Waals surface area contributed by atoms with Crippen molar-refractivity contribution in [2.75, 3.05) is 0 Å². The van der Waals surface area contributed by atoms with Crippen LogP contribution in [-0.4, -0.2) is 46.9 Å². The summed E-state index contributed by atoms with van der Waals surface area (Å²) in [5, 5.41) is 11.2. The standard InChI is InChI=1S/C19H14N4O2.C13H11N3O.C6H5NO2/c24-18(15-2-1-8-20-11-15)22-10-13-3-5-14(6-4-13)19-23-16-12-21-9-7-17(16)25-19;14-7-9-1-3-10(4-2-9)13-16-11-8-15-6-5-12(11)17-13;8-6(9)5-2-1-3-7-4-5/h1-9,11-12H,10H2,(H,22,24);1-6,8H,7,14H2;1-4H,(H,8,9). The van der Waals surface area contributed by atoms with Gasteiger partial charge in [0.15, 0.2) is 11.2 Å². The van der Waals surface area contributed by atoms with Crippen LogP contribution < -0.4 is 11.1 Å². The molecule has 13 heteroatoms. The molecule has 2 aromatic carbocycles. The van der Waals surface area contributed by atoms with E-state index in [0.717, 1.165) is 38.9 Å². The van der Waals surface area contributed by atoms with Crippen LogP contribution in [0.3, 0.4) is 0 Å². The van der Waals surface area contributed by atoms with E-state index in [4.69, 9.17) is 19.7 Å². The number of nitrogens with one attached hydrogen (secondary N) is 1. The molecule has 0 saturated heterocycles. The van der Waals surface area contributed by atoms with Crippen LogP contribution in [0.15, 0.2) is 143 Å². The molecule has 0 unspecified atom stereocenters. The van der Waals surface area contributed by atoms with Crippen molar-refractivity contribution in [3.05, 3.63) is 157 Å². The number of oxazole rings is 2. The van der Waals surface area contributed by atoms with E-state index in [0.29, 0.717) is 36.0 Å². The van der Waals surface area contributed by atoms with Crippen LogP contribution >= 0.6 is 0 Å². The Hall–Kier alpha value is -7.12. The number of fused-ring (bicyclic) bond motifs is 2.